The van der Waals surface area contributed by atoms with Gasteiger partial charge in [0.25, 0.3) is 0 Å². The SMILES string of the molecule is COCCOCCNC(C)CNC(C)(C)C. The molecule has 0 radical (unpaired) electrons. The van der Waals surface area contributed by atoms with Crippen molar-refractivity contribution >= 4 is 0 Å². The summed E-state index contributed by atoms with van der Waals surface area (Å²) in [4.78, 5) is 0. The van der Waals surface area contributed by atoms with Crippen LogP contribution in [0.25, 0.3) is 0 Å². The van der Waals surface area contributed by atoms with Crippen molar-refractivity contribution in [2.75, 3.05) is 40.0 Å². The Labute approximate surface area is 100 Å². The first kappa shape index (κ1) is 15.8. The van der Waals surface area contributed by atoms with Gasteiger partial charge in [-0.25, -0.2) is 0 Å². The molecule has 4 nitrogen and oxygen atoms in total. The molecule has 1 unspecified atom stereocenters. The van der Waals surface area contributed by atoms with Crippen molar-refractivity contribution in [3.8, 4) is 0 Å². The van der Waals surface area contributed by atoms with E-state index in [1.807, 2.05) is 0 Å². The lowest BCUT2D eigenvalue weighted by Crippen LogP contribution is -2.45. The van der Waals surface area contributed by atoms with E-state index in [1.165, 1.54) is 0 Å². The predicted octanol–water partition coefficient (Wildman–Crippen LogP) is 1.02. The second kappa shape index (κ2) is 8.93. The first-order valence-electron chi connectivity index (χ1n) is 6.01. The van der Waals surface area contributed by atoms with Crippen LogP contribution in [0.5, 0.6) is 0 Å². The average Bonchev–Trinajstić information content (AvgIpc) is 2.19. The Balaban J connectivity index is 3.27. The van der Waals surface area contributed by atoms with Crippen LogP contribution >= 0.6 is 0 Å². The van der Waals surface area contributed by atoms with Crippen LogP contribution in [0.15, 0.2) is 0 Å². The molecule has 1 atom stereocenters. The molecular formula is C12H28N2O2. The highest BCUT2D eigenvalue weighted by Crippen LogP contribution is 1.97. The highest BCUT2D eigenvalue weighted by Gasteiger charge is 2.10. The normalized spacial score (nSPS) is 14.1. The minimum absolute atomic E-state index is 0.185. The Morgan fingerprint density at radius 2 is 1.81 bits per heavy atom. The molecule has 0 heterocycles. The largest absolute Gasteiger partial charge is 0.382 e. The molecule has 0 aromatic heterocycles. The molecule has 2 N–H and O–H groups in total. The molecule has 0 aliphatic rings. The summed E-state index contributed by atoms with van der Waals surface area (Å²) in [6.45, 7) is 12.6. The van der Waals surface area contributed by atoms with E-state index in [1.54, 1.807) is 7.11 Å². The number of hydrogen-bond acceptors (Lipinski definition) is 4. The summed E-state index contributed by atoms with van der Waals surface area (Å²) in [5.74, 6) is 0. The van der Waals surface area contributed by atoms with E-state index in [9.17, 15) is 0 Å². The highest BCUT2D eigenvalue weighted by atomic mass is 16.5. The van der Waals surface area contributed by atoms with E-state index in [0.717, 1.165) is 19.7 Å². The summed E-state index contributed by atoms with van der Waals surface area (Å²) < 4.78 is 10.3. The molecule has 16 heavy (non-hydrogen) atoms. The summed E-state index contributed by atoms with van der Waals surface area (Å²) in [7, 11) is 1.68. The molecule has 0 saturated heterocycles. The van der Waals surface area contributed by atoms with E-state index in [-0.39, 0.29) is 5.54 Å². The van der Waals surface area contributed by atoms with Crippen LogP contribution in [0.2, 0.25) is 0 Å². The summed E-state index contributed by atoms with van der Waals surface area (Å²) in [6, 6.07) is 0.463. The highest BCUT2D eigenvalue weighted by molar-refractivity contribution is 4.74. The maximum Gasteiger partial charge on any atom is 0.0700 e. The smallest absolute Gasteiger partial charge is 0.0700 e. The van der Waals surface area contributed by atoms with Crippen LogP contribution < -0.4 is 10.6 Å². The molecular weight excluding hydrogens is 204 g/mol. The van der Waals surface area contributed by atoms with Crippen molar-refractivity contribution in [3.63, 3.8) is 0 Å². The number of nitrogens with one attached hydrogen (secondary N) is 2. The van der Waals surface area contributed by atoms with Gasteiger partial charge in [-0.3, -0.25) is 0 Å². The monoisotopic (exact) mass is 232 g/mol. The zero-order valence-corrected chi connectivity index (χ0v) is 11.4. The molecule has 0 aliphatic heterocycles. The fourth-order valence-electron chi connectivity index (χ4n) is 1.15. The Kier molecular flexibility index (Phi) is 8.84. The summed E-state index contributed by atoms with van der Waals surface area (Å²) in [6.07, 6.45) is 0. The maximum absolute atomic E-state index is 5.36. The summed E-state index contributed by atoms with van der Waals surface area (Å²) in [5.41, 5.74) is 0.185. The van der Waals surface area contributed by atoms with Crippen molar-refractivity contribution in [2.45, 2.75) is 39.3 Å². The molecule has 0 saturated carbocycles. The molecule has 98 valence electrons. The first-order valence-corrected chi connectivity index (χ1v) is 6.01. The van der Waals surface area contributed by atoms with E-state index in [0.29, 0.717) is 19.3 Å². The number of ether oxygens (including phenoxy) is 2. The molecule has 0 aliphatic carbocycles. The van der Waals surface area contributed by atoms with Crippen molar-refractivity contribution in [1.82, 2.24) is 10.6 Å². The van der Waals surface area contributed by atoms with Gasteiger partial charge in [0, 0.05) is 31.8 Å². The maximum atomic E-state index is 5.36. The van der Waals surface area contributed by atoms with Crippen LogP contribution in [-0.2, 0) is 9.47 Å². The van der Waals surface area contributed by atoms with Crippen molar-refractivity contribution < 1.29 is 9.47 Å². The lowest BCUT2D eigenvalue weighted by atomic mass is 10.1. The zero-order valence-electron chi connectivity index (χ0n) is 11.4. The second-order valence-electron chi connectivity index (χ2n) is 5.09. The van der Waals surface area contributed by atoms with Gasteiger partial charge in [-0.15, -0.1) is 0 Å². The Hall–Kier alpha value is -0.160. The van der Waals surface area contributed by atoms with E-state index >= 15 is 0 Å². The van der Waals surface area contributed by atoms with Gasteiger partial charge in [-0.2, -0.15) is 0 Å². The van der Waals surface area contributed by atoms with Crippen molar-refractivity contribution in [1.29, 1.82) is 0 Å². The van der Waals surface area contributed by atoms with Crippen LogP contribution in [-0.4, -0.2) is 51.6 Å². The van der Waals surface area contributed by atoms with Gasteiger partial charge in [0.1, 0.15) is 0 Å². The first-order chi connectivity index (χ1) is 7.45. The Bertz CT molecular complexity index is 158. The van der Waals surface area contributed by atoms with Gasteiger partial charge < -0.3 is 20.1 Å². The van der Waals surface area contributed by atoms with Crippen molar-refractivity contribution in [2.24, 2.45) is 0 Å². The summed E-state index contributed by atoms with van der Waals surface area (Å²) in [5, 5.41) is 6.86. The van der Waals surface area contributed by atoms with Gasteiger partial charge in [0.05, 0.1) is 19.8 Å². The van der Waals surface area contributed by atoms with Gasteiger partial charge in [-0.05, 0) is 27.7 Å². The van der Waals surface area contributed by atoms with Crippen molar-refractivity contribution in [3.05, 3.63) is 0 Å². The second-order valence-corrected chi connectivity index (χ2v) is 5.09. The van der Waals surface area contributed by atoms with E-state index in [4.69, 9.17) is 9.47 Å². The minimum Gasteiger partial charge on any atom is -0.382 e. The molecule has 4 heteroatoms. The third-order valence-electron chi connectivity index (χ3n) is 2.11. The number of methoxy groups -OCH3 is 1. The quantitative estimate of drug-likeness (QED) is 0.582. The molecule has 0 aromatic rings. The molecule has 0 fully saturated rings. The zero-order chi connectivity index (χ0) is 12.4. The van der Waals surface area contributed by atoms with E-state index in [2.05, 4.69) is 38.3 Å². The minimum atomic E-state index is 0.185. The molecule has 0 amide bonds. The average molecular weight is 232 g/mol. The fourth-order valence-corrected chi connectivity index (χ4v) is 1.15. The fraction of sp³-hybridized carbons (Fsp3) is 1.00. The summed E-state index contributed by atoms with van der Waals surface area (Å²) >= 11 is 0. The van der Waals surface area contributed by atoms with Gasteiger partial charge >= 0.3 is 0 Å². The molecule has 0 bridgehead atoms. The van der Waals surface area contributed by atoms with Gasteiger partial charge in [0.2, 0.25) is 0 Å². The van der Waals surface area contributed by atoms with Crippen LogP contribution in [0.4, 0.5) is 0 Å². The number of rotatable bonds is 9. The van der Waals surface area contributed by atoms with Gasteiger partial charge in [-0.1, -0.05) is 0 Å². The third-order valence-corrected chi connectivity index (χ3v) is 2.11. The molecule has 0 rings (SSSR count). The predicted molar refractivity (Wildman–Crippen MR) is 67.9 cm³/mol. The third kappa shape index (κ3) is 11.9. The molecule has 0 aromatic carbocycles. The molecule has 0 spiro atoms. The van der Waals surface area contributed by atoms with Gasteiger partial charge in [0.15, 0.2) is 0 Å². The number of hydrogen-bond donors (Lipinski definition) is 2. The Morgan fingerprint density at radius 3 is 2.38 bits per heavy atom. The van der Waals surface area contributed by atoms with Crippen LogP contribution in [0, 0.1) is 0 Å². The standard InChI is InChI=1S/C12H28N2O2/c1-11(10-14-12(2,3)4)13-6-7-16-9-8-15-5/h11,13-14H,6-10H2,1-5H3. The van der Waals surface area contributed by atoms with Crippen LogP contribution in [0.1, 0.15) is 27.7 Å². The van der Waals surface area contributed by atoms with E-state index < -0.39 is 0 Å². The Morgan fingerprint density at radius 1 is 1.12 bits per heavy atom. The lowest BCUT2D eigenvalue weighted by molar-refractivity contribution is 0.0711. The lowest BCUT2D eigenvalue weighted by Gasteiger charge is -2.24. The topological polar surface area (TPSA) is 42.5 Å². The van der Waals surface area contributed by atoms with Crippen LogP contribution in [0.3, 0.4) is 0 Å².